The summed E-state index contributed by atoms with van der Waals surface area (Å²) in [6.45, 7) is 0. The van der Waals surface area contributed by atoms with Gasteiger partial charge in [0, 0.05) is 48.3 Å². The number of thiophene rings is 1. The van der Waals surface area contributed by atoms with Crippen molar-refractivity contribution in [3.8, 4) is 44.8 Å². The molecular formula is C54H34N2S. The molecule has 0 radical (unpaired) electrons. The molecule has 0 aliphatic rings. The maximum absolute atomic E-state index is 2.50. The fraction of sp³-hybridized carbons (Fsp3) is 0. The number of hydrogen-bond acceptors (Lipinski definition) is 1. The maximum Gasteiger partial charge on any atom is 0.0641 e. The van der Waals surface area contributed by atoms with Crippen molar-refractivity contribution < 1.29 is 0 Å². The van der Waals surface area contributed by atoms with Gasteiger partial charge in [0.1, 0.15) is 0 Å². The summed E-state index contributed by atoms with van der Waals surface area (Å²) in [5, 5.41) is 7.62. The molecule has 57 heavy (non-hydrogen) atoms. The van der Waals surface area contributed by atoms with Crippen molar-refractivity contribution in [2.24, 2.45) is 0 Å². The molecule has 12 rings (SSSR count). The Morgan fingerprint density at radius 3 is 1.75 bits per heavy atom. The van der Waals surface area contributed by atoms with E-state index in [0.29, 0.717) is 0 Å². The van der Waals surface area contributed by atoms with Crippen molar-refractivity contribution in [1.29, 1.82) is 0 Å². The standard InChI is InChI=1S/C54H34N2S/c1-3-15-35(16-4-1)36-17-13-18-37(33-36)40-30-32-50(54-52(40)45-23-9-12-28-51(45)57-54)56-48-27-11-8-22-43(48)46-34-38(29-31-49(46)56)41-24-14-25-44-42-21-7-10-26-47(42)55(53(41)44)39-19-5-2-6-20-39/h1-34H. The van der Waals surface area contributed by atoms with E-state index >= 15 is 0 Å². The Balaban J connectivity index is 1.10. The van der Waals surface area contributed by atoms with Gasteiger partial charge in [0.2, 0.25) is 0 Å². The van der Waals surface area contributed by atoms with Crippen LogP contribution in [0.25, 0.3) is 109 Å². The van der Waals surface area contributed by atoms with Gasteiger partial charge in [-0.15, -0.1) is 11.3 Å². The Morgan fingerprint density at radius 1 is 0.333 bits per heavy atom. The normalized spacial score (nSPS) is 11.9. The zero-order chi connectivity index (χ0) is 37.5. The first kappa shape index (κ1) is 32.1. The van der Waals surface area contributed by atoms with E-state index in [9.17, 15) is 0 Å². The summed E-state index contributed by atoms with van der Waals surface area (Å²) in [5.41, 5.74) is 14.6. The van der Waals surface area contributed by atoms with E-state index in [4.69, 9.17) is 0 Å². The highest BCUT2D eigenvalue weighted by Crippen LogP contribution is 2.46. The van der Waals surface area contributed by atoms with Crippen LogP contribution in [0.4, 0.5) is 0 Å². The van der Waals surface area contributed by atoms with Gasteiger partial charge in [0.25, 0.3) is 0 Å². The molecule has 3 heterocycles. The van der Waals surface area contributed by atoms with E-state index in [1.54, 1.807) is 0 Å². The Kier molecular flexibility index (Phi) is 7.13. The lowest BCUT2D eigenvalue weighted by Gasteiger charge is -2.14. The van der Waals surface area contributed by atoms with Crippen LogP contribution in [-0.2, 0) is 0 Å². The third-order valence-corrected chi connectivity index (χ3v) is 12.9. The number of para-hydroxylation sites is 4. The summed E-state index contributed by atoms with van der Waals surface area (Å²) in [5.74, 6) is 0. The highest BCUT2D eigenvalue weighted by atomic mass is 32.1. The first-order chi connectivity index (χ1) is 28.3. The fourth-order valence-electron chi connectivity index (χ4n) is 9.22. The molecule has 266 valence electrons. The van der Waals surface area contributed by atoms with Crippen LogP contribution in [0.5, 0.6) is 0 Å². The SMILES string of the molecule is c1ccc(-c2cccc(-c3ccc(-n4c5ccccc5c5cc(-c6cccc7c8ccccc8n(-c8ccccc8)c67)ccc54)c4sc5ccccc5c34)c2)cc1. The van der Waals surface area contributed by atoms with E-state index in [0.717, 1.165) is 5.69 Å². The third kappa shape index (κ3) is 4.89. The summed E-state index contributed by atoms with van der Waals surface area (Å²) in [7, 11) is 0. The van der Waals surface area contributed by atoms with Crippen molar-refractivity contribution in [2.45, 2.75) is 0 Å². The van der Waals surface area contributed by atoms with Gasteiger partial charge in [0.15, 0.2) is 0 Å². The van der Waals surface area contributed by atoms with E-state index in [1.165, 1.54) is 103 Å². The first-order valence-corrected chi connectivity index (χ1v) is 20.3. The van der Waals surface area contributed by atoms with Crippen LogP contribution in [-0.4, -0.2) is 9.13 Å². The third-order valence-electron chi connectivity index (χ3n) is 11.7. The van der Waals surface area contributed by atoms with Crippen molar-refractivity contribution >= 4 is 75.1 Å². The minimum atomic E-state index is 1.16. The van der Waals surface area contributed by atoms with Crippen LogP contribution in [0.3, 0.4) is 0 Å². The molecular weight excluding hydrogens is 709 g/mol. The van der Waals surface area contributed by atoms with Crippen LogP contribution < -0.4 is 0 Å². The van der Waals surface area contributed by atoms with Gasteiger partial charge in [-0.05, 0) is 82.4 Å². The van der Waals surface area contributed by atoms with Gasteiger partial charge in [-0.25, -0.2) is 0 Å². The average molecular weight is 743 g/mol. The molecule has 0 unspecified atom stereocenters. The Bertz CT molecular complexity index is 3510. The molecule has 0 aliphatic heterocycles. The van der Waals surface area contributed by atoms with Crippen molar-refractivity contribution in [3.63, 3.8) is 0 Å². The molecule has 0 saturated carbocycles. The number of fused-ring (bicyclic) bond motifs is 9. The Labute approximate surface area is 333 Å². The monoisotopic (exact) mass is 742 g/mol. The topological polar surface area (TPSA) is 9.86 Å². The second-order valence-electron chi connectivity index (χ2n) is 14.9. The van der Waals surface area contributed by atoms with Crippen molar-refractivity contribution in [1.82, 2.24) is 9.13 Å². The van der Waals surface area contributed by atoms with Crippen LogP contribution in [0.2, 0.25) is 0 Å². The smallest absolute Gasteiger partial charge is 0.0641 e. The molecule has 0 aliphatic carbocycles. The van der Waals surface area contributed by atoms with E-state index < -0.39 is 0 Å². The fourth-order valence-corrected chi connectivity index (χ4v) is 10.5. The molecule has 0 spiro atoms. The van der Waals surface area contributed by atoms with Gasteiger partial charge in [-0.1, -0.05) is 152 Å². The molecule has 0 bridgehead atoms. The molecule has 9 aromatic carbocycles. The molecule has 0 amide bonds. The number of hydrogen-bond donors (Lipinski definition) is 0. The average Bonchev–Trinajstić information content (AvgIpc) is 3.95. The largest absolute Gasteiger partial charge is 0.309 e. The summed E-state index contributed by atoms with van der Waals surface area (Å²) in [4.78, 5) is 0. The highest BCUT2D eigenvalue weighted by molar-refractivity contribution is 7.26. The molecule has 3 heteroatoms. The summed E-state index contributed by atoms with van der Waals surface area (Å²) in [6, 6.07) is 75.5. The minimum Gasteiger partial charge on any atom is -0.309 e. The molecule has 0 atom stereocenters. The highest BCUT2D eigenvalue weighted by Gasteiger charge is 2.21. The summed E-state index contributed by atoms with van der Waals surface area (Å²) in [6.07, 6.45) is 0. The molecule has 0 saturated heterocycles. The molecule has 3 aromatic heterocycles. The van der Waals surface area contributed by atoms with E-state index in [-0.39, 0.29) is 0 Å². The molecule has 12 aromatic rings. The lowest BCUT2D eigenvalue weighted by atomic mass is 9.95. The van der Waals surface area contributed by atoms with Gasteiger partial charge in [0.05, 0.1) is 32.5 Å². The predicted molar refractivity (Wildman–Crippen MR) is 244 cm³/mol. The second-order valence-corrected chi connectivity index (χ2v) is 15.9. The van der Waals surface area contributed by atoms with Gasteiger partial charge < -0.3 is 9.13 Å². The number of benzene rings is 9. The van der Waals surface area contributed by atoms with Gasteiger partial charge >= 0.3 is 0 Å². The van der Waals surface area contributed by atoms with Crippen molar-refractivity contribution in [2.75, 3.05) is 0 Å². The lowest BCUT2D eigenvalue weighted by molar-refractivity contribution is 1.18. The summed E-state index contributed by atoms with van der Waals surface area (Å²) < 4.78 is 7.52. The van der Waals surface area contributed by atoms with E-state index in [2.05, 4.69) is 215 Å². The zero-order valence-corrected chi connectivity index (χ0v) is 31.7. The Morgan fingerprint density at radius 2 is 0.930 bits per heavy atom. The quantitative estimate of drug-likeness (QED) is 0.166. The maximum atomic E-state index is 2.50. The van der Waals surface area contributed by atoms with Crippen LogP contribution >= 0.6 is 11.3 Å². The predicted octanol–water partition coefficient (Wildman–Crippen LogP) is 15.2. The van der Waals surface area contributed by atoms with Crippen molar-refractivity contribution in [3.05, 3.63) is 206 Å². The number of aromatic nitrogens is 2. The number of nitrogens with zero attached hydrogens (tertiary/aromatic N) is 2. The zero-order valence-electron chi connectivity index (χ0n) is 30.9. The molecule has 2 nitrogen and oxygen atoms in total. The minimum absolute atomic E-state index is 1.16. The second kappa shape index (κ2) is 12.7. The molecule has 0 fully saturated rings. The van der Waals surface area contributed by atoms with E-state index in [1.807, 2.05) is 11.3 Å². The Hall–Kier alpha value is -7.20. The summed E-state index contributed by atoms with van der Waals surface area (Å²) >= 11 is 1.89. The van der Waals surface area contributed by atoms with Crippen LogP contribution in [0.1, 0.15) is 0 Å². The van der Waals surface area contributed by atoms with Crippen LogP contribution in [0, 0.1) is 0 Å². The molecule has 0 N–H and O–H groups in total. The van der Waals surface area contributed by atoms with Gasteiger partial charge in [-0.3, -0.25) is 0 Å². The lowest BCUT2D eigenvalue weighted by Crippen LogP contribution is -1.96. The van der Waals surface area contributed by atoms with Gasteiger partial charge in [-0.2, -0.15) is 0 Å². The number of rotatable bonds is 5. The van der Waals surface area contributed by atoms with Crippen LogP contribution in [0.15, 0.2) is 206 Å². The first-order valence-electron chi connectivity index (χ1n) is 19.5.